The summed E-state index contributed by atoms with van der Waals surface area (Å²) in [6.45, 7) is 6.37. The van der Waals surface area contributed by atoms with Gasteiger partial charge in [0.15, 0.2) is 11.5 Å². The molecule has 1 heterocycles. The predicted molar refractivity (Wildman–Crippen MR) is 87.1 cm³/mol. The van der Waals surface area contributed by atoms with E-state index in [1.165, 1.54) is 5.56 Å². The van der Waals surface area contributed by atoms with Crippen molar-refractivity contribution in [1.82, 2.24) is 5.32 Å². The predicted octanol–water partition coefficient (Wildman–Crippen LogP) is 3.37. The lowest BCUT2D eigenvalue weighted by Gasteiger charge is -2.15. The summed E-state index contributed by atoms with van der Waals surface area (Å²) >= 11 is 3.57. The molecule has 0 aromatic heterocycles. The van der Waals surface area contributed by atoms with E-state index in [4.69, 9.17) is 14.2 Å². The number of hydrogen-bond donors (Lipinski definition) is 1. The van der Waals surface area contributed by atoms with Gasteiger partial charge in [-0.2, -0.15) is 0 Å². The summed E-state index contributed by atoms with van der Waals surface area (Å²) in [6.07, 6.45) is 2.13. The van der Waals surface area contributed by atoms with Crippen LogP contribution in [-0.4, -0.2) is 33.5 Å². The van der Waals surface area contributed by atoms with Gasteiger partial charge in [-0.25, -0.2) is 0 Å². The third-order valence-electron chi connectivity index (χ3n) is 3.53. The molecule has 1 fully saturated rings. The van der Waals surface area contributed by atoms with E-state index >= 15 is 0 Å². The number of rotatable bonds is 8. The van der Waals surface area contributed by atoms with Crippen molar-refractivity contribution in [3.8, 4) is 11.5 Å². The van der Waals surface area contributed by atoms with Gasteiger partial charge in [0.25, 0.3) is 0 Å². The second-order valence-electron chi connectivity index (χ2n) is 5.32. The van der Waals surface area contributed by atoms with Crippen molar-refractivity contribution in [3.63, 3.8) is 0 Å². The van der Waals surface area contributed by atoms with Crippen molar-refractivity contribution in [2.75, 3.05) is 33.5 Å². The first kappa shape index (κ1) is 16.6. The van der Waals surface area contributed by atoms with Crippen molar-refractivity contribution in [2.24, 2.45) is 5.92 Å². The highest BCUT2D eigenvalue weighted by atomic mass is 79.9. The molecular weight excluding hydrogens is 334 g/mol. The van der Waals surface area contributed by atoms with Crippen LogP contribution in [0.3, 0.4) is 0 Å². The van der Waals surface area contributed by atoms with E-state index in [-0.39, 0.29) is 0 Å². The monoisotopic (exact) mass is 357 g/mol. The number of ether oxygens (including phenoxy) is 3. The quantitative estimate of drug-likeness (QED) is 0.774. The summed E-state index contributed by atoms with van der Waals surface area (Å²) in [7, 11) is 1.67. The normalized spacial score (nSPS) is 18.0. The van der Waals surface area contributed by atoms with Gasteiger partial charge >= 0.3 is 0 Å². The highest BCUT2D eigenvalue weighted by molar-refractivity contribution is 9.10. The molecule has 1 atom stereocenters. The Balaban J connectivity index is 1.94. The molecule has 1 aliphatic heterocycles. The Morgan fingerprint density at radius 2 is 2.29 bits per heavy atom. The molecule has 0 spiro atoms. The summed E-state index contributed by atoms with van der Waals surface area (Å²) in [5.41, 5.74) is 1.18. The Kier molecular flexibility index (Phi) is 6.80. The molecule has 1 aromatic rings. The van der Waals surface area contributed by atoms with Crippen molar-refractivity contribution in [1.29, 1.82) is 0 Å². The molecule has 0 saturated carbocycles. The molecule has 1 aliphatic rings. The first-order valence-corrected chi connectivity index (χ1v) is 8.31. The second kappa shape index (κ2) is 8.61. The molecule has 1 aromatic carbocycles. The van der Waals surface area contributed by atoms with E-state index in [0.29, 0.717) is 12.5 Å². The van der Waals surface area contributed by atoms with Gasteiger partial charge in [-0.05, 0) is 52.4 Å². The lowest BCUT2D eigenvalue weighted by molar-refractivity contribution is 0.185. The third-order valence-corrected chi connectivity index (χ3v) is 4.11. The zero-order valence-electron chi connectivity index (χ0n) is 12.8. The summed E-state index contributed by atoms with van der Waals surface area (Å²) in [4.78, 5) is 0. The highest BCUT2D eigenvalue weighted by Gasteiger charge is 2.15. The van der Waals surface area contributed by atoms with Crippen LogP contribution in [0.2, 0.25) is 0 Å². The van der Waals surface area contributed by atoms with Crippen LogP contribution >= 0.6 is 15.9 Å². The fourth-order valence-electron chi connectivity index (χ4n) is 2.38. The molecule has 118 valence electrons. The van der Waals surface area contributed by atoms with Gasteiger partial charge in [0, 0.05) is 19.7 Å². The van der Waals surface area contributed by atoms with Gasteiger partial charge in [0.05, 0.1) is 24.8 Å². The average molecular weight is 358 g/mol. The van der Waals surface area contributed by atoms with Gasteiger partial charge in [-0.3, -0.25) is 0 Å². The van der Waals surface area contributed by atoms with Crippen LogP contribution in [0.1, 0.15) is 25.3 Å². The SMILES string of the molecule is CCCOc1c(Br)cc(CNCC2CCOC2)cc1OC. The minimum Gasteiger partial charge on any atom is -0.493 e. The molecule has 0 amide bonds. The van der Waals surface area contributed by atoms with Crippen LogP contribution in [0.4, 0.5) is 0 Å². The number of methoxy groups -OCH3 is 1. The molecular formula is C16H24BrNO3. The third kappa shape index (κ3) is 4.87. The zero-order valence-corrected chi connectivity index (χ0v) is 14.4. The van der Waals surface area contributed by atoms with Crippen LogP contribution in [0, 0.1) is 5.92 Å². The van der Waals surface area contributed by atoms with Crippen LogP contribution in [0.5, 0.6) is 11.5 Å². The standard InChI is InChI=1S/C16H24BrNO3/c1-3-5-21-16-14(17)7-13(8-15(16)19-2)10-18-9-12-4-6-20-11-12/h7-8,12,18H,3-6,9-11H2,1-2H3. The maximum Gasteiger partial charge on any atom is 0.175 e. The lowest BCUT2D eigenvalue weighted by Crippen LogP contribution is -2.22. The van der Waals surface area contributed by atoms with Crippen molar-refractivity contribution >= 4 is 15.9 Å². The molecule has 2 rings (SSSR count). The first-order chi connectivity index (χ1) is 10.2. The number of nitrogens with one attached hydrogen (secondary N) is 1. The summed E-state index contributed by atoms with van der Waals surface area (Å²) < 4.78 is 17.5. The maximum atomic E-state index is 5.74. The van der Waals surface area contributed by atoms with Gasteiger partial charge in [-0.15, -0.1) is 0 Å². The van der Waals surface area contributed by atoms with E-state index in [1.54, 1.807) is 7.11 Å². The Morgan fingerprint density at radius 3 is 2.95 bits per heavy atom. The van der Waals surface area contributed by atoms with E-state index in [0.717, 1.165) is 55.1 Å². The van der Waals surface area contributed by atoms with Crippen LogP contribution in [0.25, 0.3) is 0 Å². The van der Waals surface area contributed by atoms with Crippen LogP contribution < -0.4 is 14.8 Å². The fourth-order valence-corrected chi connectivity index (χ4v) is 2.99. The van der Waals surface area contributed by atoms with Crippen molar-refractivity contribution in [3.05, 3.63) is 22.2 Å². The summed E-state index contributed by atoms with van der Waals surface area (Å²) in [5.74, 6) is 2.20. The largest absolute Gasteiger partial charge is 0.493 e. The molecule has 21 heavy (non-hydrogen) atoms. The number of benzene rings is 1. The van der Waals surface area contributed by atoms with Crippen molar-refractivity contribution in [2.45, 2.75) is 26.3 Å². The Hall–Kier alpha value is -0.780. The van der Waals surface area contributed by atoms with Gasteiger partial charge in [0.2, 0.25) is 0 Å². The average Bonchev–Trinajstić information content (AvgIpc) is 2.99. The Labute approximate surface area is 135 Å². The molecule has 0 bridgehead atoms. The molecule has 1 N–H and O–H groups in total. The molecule has 0 radical (unpaired) electrons. The second-order valence-corrected chi connectivity index (χ2v) is 6.17. The lowest BCUT2D eigenvalue weighted by atomic mass is 10.1. The van der Waals surface area contributed by atoms with Gasteiger partial charge in [-0.1, -0.05) is 6.92 Å². The Morgan fingerprint density at radius 1 is 1.43 bits per heavy atom. The molecule has 1 saturated heterocycles. The minimum atomic E-state index is 0.641. The first-order valence-electron chi connectivity index (χ1n) is 7.52. The van der Waals surface area contributed by atoms with E-state index < -0.39 is 0 Å². The molecule has 4 nitrogen and oxygen atoms in total. The summed E-state index contributed by atoms with van der Waals surface area (Å²) in [6, 6.07) is 4.12. The fraction of sp³-hybridized carbons (Fsp3) is 0.625. The van der Waals surface area contributed by atoms with Crippen molar-refractivity contribution < 1.29 is 14.2 Å². The molecule has 5 heteroatoms. The highest BCUT2D eigenvalue weighted by Crippen LogP contribution is 2.36. The topological polar surface area (TPSA) is 39.7 Å². The molecule has 1 unspecified atom stereocenters. The maximum absolute atomic E-state index is 5.74. The van der Waals surface area contributed by atoms with Gasteiger partial charge in [0.1, 0.15) is 0 Å². The molecule has 0 aliphatic carbocycles. The van der Waals surface area contributed by atoms with Gasteiger partial charge < -0.3 is 19.5 Å². The smallest absolute Gasteiger partial charge is 0.175 e. The number of halogens is 1. The minimum absolute atomic E-state index is 0.641. The van der Waals surface area contributed by atoms with Crippen LogP contribution in [-0.2, 0) is 11.3 Å². The zero-order chi connectivity index (χ0) is 15.1. The van der Waals surface area contributed by atoms with Crippen LogP contribution in [0.15, 0.2) is 16.6 Å². The number of hydrogen-bond acceptors (Lipinski definition) is 4. The van der Waals surface area contributed by atoms with E-state index in [1.807, 2.05) is 6.07 Å². The summed E-state index contributed by atoms with van der Waals surface area (Å²) in [5, 5.41) is 3.49. The Bertz CT molecular complexity index is 447. The van der Waals surface area contributed by atoms with E-state index in [2.05, 4.69) is 34.2 Å². The van der Waals surface area contributed by atoms with E-state index in [9.17, 15) is 0 Å².